The summed E-state index contributed by atoms with van der Waals surface area (Å²) in [5.41, 5.74) is 0.580. The third-order valence-corrected chi connectivity index (χ3v) is 6.91. The molecule has 184 valence electrons. The Morgan fingerprint density at radius 1 is 1.12 bits per heavy atom. The van der Waals surface area contributed by atoms with Crippen molar-refractivity contribution in [2.75, 3.05) is 7.11 Å². The highest BCUT2D eigenvalue weighted by Gasteiger charge is 2.37. The van der Waals surface area contributed by atoms with Crippen molar-refractivity contribution >= 4 is 23.7 Å². The Hall–Kier alpha value is -2.60. The number of benzene rings is 2. The van der Waals surface area contributed by atoms with Gasteiger partial charge in [0, 0.05) is 10.4 Å². The lowest BCUT2D eigenvalue weighted by molar-refractivity contribution is -0.143. The van der Waals surface area contributed by atoms with Crippen LogP contribution in [0.3, 0.4) is 0 Å². The molecular weight excluding hydrogens is 457 g/mol. The van der Waals surface area contributed by atoms with E-state index in [1.165, 1.54) is 25.7 Å². The molecule has 1 aliphatic rings. The normalized spacial score (nSPS) is 16.4. The van der Waals surface area contributed by atoms with Crippen LogP contribution in [0.4, 0.5) is 9.18 Å². The summed E-state index contributed by atoms with van der Waals surface area (Å²) in [5.74, 6) is -0.586. The molecule has 2 unspecified atom stereocenters. The van der Waals surface area contributed by atoms with Gasteiger partial charge in [-0.05, 0) is 47.7 Å². The Balaban J connectivity index is 1.84. The van der Waals surface area contributed by atoms with Crippen molar-refractivity contribution in [2.24, 2.45) is 5.92 Å². The molecule has 0 aliphatic heterocycles. The fourth-order valence-corrected chi connectivity index (χ4v) is 4.93. The highest BCUT2D eigenvalue weighted by Crippen LogP contribution is 2.40. The Kier molecular flexibility index (Phi) is 8.95. The van der Waals surface area contributed by atoms with Crippen LogP contribution in [0.25, 0.3) is 0 Å². The summed E-state index contributed by atoms with van der Waals surface area (Å²) < 4.78 is 24.9. The minimum atomic E-state index is -0.838. The van der Waals surface area contributed by atoms with Crippen LogP contribution in [0.5, 0.6) is 0 Å². The summed E-state index contributed by atoms with van der Waals surface area (Å²) in [6, 6.07) is 12.4. The van der Waals surface area contributed by atoms with E-state index in [4.69, 9.17) is 21.1 Å². The molecule has 2 aromatic carbocycles. The molecule has 7 heteroatoms. The summed E-state index contributed by atoms with van der Waals surface area (Å²) in [6.07, 6.45) is 4.41. The molecule has 1 aliphatic carbocycles. The van der Waals surface area contributed by atoms with Gasteiger partial charge in [-0.2, -0.15) is 0 Å². The summed E-state index contributed by atoms with van der Waals surface area (Å²) >= 11 is 6.21. The molecular formula is C27H33ClFNO4. The standard InChI is InChI=1S/C27H33ClFNO4/c1-27(2,20-12-8-13-21(28)17-20)24(19-11-7-14-22(29)16-19)34-26(32)30-23(25(31)33-3)15-18-9-5-4-6-10-18/h7-8,11-14,16-18,23-24H,4-6,9-10,15H2,1-3H3,(H,30,32). The van der Waals surface area contributed by atoms with E-state index in [9.17, 15) is 14.0 Å². The van der Waals surface area contributed by atoms with Crippen LogP contribution in [0, 0.1) is 11.7 Å². The lowest BCUT2D eigenvalue weighted by Crippen LogP contribution is -2.44. The van der Waals surface area contributed by atoms with Crippen molar-refractivity contribution in [1.82, 2.24) is 5.32 Å². The smallest absolute Gasteiger partial charge is 0.408 e. The predicted molar refractivity (Wildman–Crippen MR) is 130 cm³/mol. The third-order valence-electron chi connectivity index (χ3n) is 6.67. The molecule has 2 atom stereocenters. The maximum atomic E-state index is 14.1. The van der Waals surface area contributed by atoms with Crippen LogP contribution >= 0.6 is 11.6 Å². The molecule has 0 saturated heterocycles. The van der Waals surface area contributed by atoms with E-state index in [0.717, 1.165) is 31.2 Å². The highest BCUT2D eigenvalue weighted by molar-refractivity contribution is 6.30. The van der Waals surface area contributed by atoms with Gasteiger partial charge >= 0.3 is 12.1 Å². The van der Waals surface area contributed by atoms with E-state index in [-0.39, 0.29) is 0 Å². The zero-order chi connectivity index (χ0) is 24.7. The summed E-state index contributed by atoms with van der Waals surface area (Å²) in [6.45, 7) is 3.81. The monoisotopic (exact) mass is 489 g/mol. The molecule has 0 aromatic heterocycles. The van der Waals surface area contributed by atoms with Gasteiger partial charge in [0.15, 0.2) is 0 Å². The maximum absolute atomic E-state index is 14.1. The number of carbonyl (C=O) groups is 2. The van der Waals surface area contributed by atoms with Gasteiger partial charge in [-0.15, -0.1) is 0 Å². The number of nitrogens with one attached hydrogen (secondary N) is 1. The number of rotatable bonds is 8. The average molecular weight is 490 g/mol. The van der Waals surface area contributed by atoms with Crippen LogP contribution in [0.1, 0.15) is 69.6 Å². The van der Waals surface area contributed by atoms with Crippen molar-refractivity contribution < 1.29 is 23.5 Å². The maximum Gasteiger partial charge on any atom is 0.408 e. The van der Waals surface area contributed by atoms with Crippen LogP contribution in [-0.4, -0.2) is 25.2 Å². The van der Waals surface area contributed by atoms with E-state index in [2.05, 4.69) is 5.32 Å². The van der Waals surface area contributed by atoms with E-state index in [0.29, 0.717) is 22.9 Å². The Morgan fingerprint density at radius 2 is 1.82 bits per heavy atom. The van der Waals surface area contributed by atoms with Crippen molar-refractivity contribution in [1.29, 1.82) is 0 Å². The molecule has 2 aromatic rings. The minimum Gasteiger partial charge on any atom is -0.467 e. The summed E-state index contributed by atoms with van der Waals surface area (Å²) in [5, 5.41) is 3.26. The van der Waals surface area contributed by atoms with Crippen molar-refractivity contribution in [3.05, 3.63) is 70.5 Å². The summed E-state index contributed by atoms with van der Waals surface area (Å²) in [7, 11) is 1.31. The minimum absolute atomic E-state index is 0.347. The van der Waals surface area contributed by atoms with E-state index < -0.39 is 35.4 Å². The van der Waals surface area contributed by atoms with Gasteiger partial charge in [0.1, 0.15) is 18.0 Å². The first-order valence-electron chi connectivity index (χ1n) is 11.8. The van der Waals surface area contributed by atoms with E-state index in [1.54, 1.807) is 24.3 Å². The molecule has 0 bridgehead atoms. The molecule has 0 radical (unpaired) electrons. The number of ether oxygens (including phenoxy) is 2. The predicted octanol–water partition coefficient (Wildman–Crippen LogP) is 6.74. The average Bonchev–Trinajstić information content (AvgIpc) is 2.82. The van der Waals surface area contributed by atoms with Gasteiger partial charge < -0.3 is 14.8 Å². The van der Waals surface area contributed by atoms with Gasteiger partial charge in [-0.3, -0.25) is 0 Å². The first kappa shape index (κ1) is 26.0. The quantitative estimate of drug-likeness (QED) is 0.417. The second-order valence-corrected chi connectivity index (χ2v) is 9.97. The van der Waals surface area contributed by atoms with Gasteiger partial charge in [0.05, 0.1) is 7.11 Å². The second-order valence-electron chi connectivity index (χ2n) is 9.53. The van der Waals surface area contributed by atoms with Gasteiger partial charge in [0.25, 0.3) is 0 Å². The number of halogens is 2. The Bertz CT molecular complexity index is 990. The topological polar surface area (TPSA) is 64.6 Å². The molecule has 34 heavy (non-hydrogen) atoms. The zero-order valence-electron chi connectivity index (χ0n) is 20.0. The lowest BCUT2D eigenvalue weighted by atomic mass is 9.76. The molecule has 3 rings (SSSR count). The van der Waals surface area contributed by atoms with Crippen LogP contribution in [0.15, 0.2) is 48.5 Å². The van der Waals surface area contributed by atoms with E-state index in [1.807, 2.05) is 26.0 Å². The Labute approximate surface area is 206 Å². The summed E-state index contributed by atoms with van der Waals surface area (Å²) in [4.78, 5) is 25.5. The first-order chi connectivity index (χ1) is 16.2. The van der Waals surface area contributed by atoms with E-state index >= 15 is 0 Å². The number of hydrogen-bond donors (Lipinski definition) is 1. The SMILES string of the molecule is COC(=O)C(CC1CCCCC1)NC(=O)OC(c1cccc(F)c1)C(C)(C)c1cccc(Cl)c1. The third kappa shape index (κ3) is 6.72. The fourth-order valence-electron chi connectivity index (χ4n) is 4.74. The Morgan fingerprint density at radius 3 is 2.47 bits per heavy atom. The van der Waals surface area contributed by atoms with Crippen LogP contribution in [-0.2, 0) is 19.7 Å². The van der Waals surface area contributed by atoms with Gasteiger partial charge in [-0.25, -0.2) is 14.0 Å². The van der Waals surface area contributed by atoms with Crippen LogP contribution in [0.2, 0.25) is 5.02 Å². The molecule has 0 spiro atoms. The molecule has 1 amide bonds. The number of carbonyl (C=O) groups excluding carboxylic acids is 2. The molecule has 1 fully saturated rings. The molecule has 1 saturated carbocycles. The number of methoxy groups -OCH3 is 1. The van der Waals surface area contributed by atoms with Gasteiger partial charge in [-0.1, -0.05) is 81.8 Å². The largest absolute Gasteiger partial charge is 0.467 e. The number of hydrogen-bond acceptors (Lipinski definition) is 4. The van der Waals surface area contributed by atoms with Crippen molar-refractivity contribution in [2.45, 2.75) is 69.9 Å². The second kappa shape index (κ2) is 11.7. The number of amides is 1. The first-order valence-corrected chi connectivity index (χ1v) is 12.1. The number of esters is 1. The zero-order valence-corrected chi connectivity index (χ0v) is 20.7. The van der Waals surface area contributed by atoms with Crippen molar-refractivity contribution in [3.63, 3.8) is 0 Å². The highest BCUT2D eigenvalue weighted by atomic mass is 35.5. The molecule has 1 N–H and O–H groups in total. The van der Waals surface area contributed by atoms with Gasteiger partial charge in [0.2, 0.25) is 0 Å². The number of alkyl carbamates (subject to hydrolysis) is 1. The fraction of sp³-hybridized carbons (Fsp3) is 0.481. The van der Waals surface area contributed by atoms with Crippen molar-refractivity contribution in [3.8, 4) is 0 Å². The van der Waals surface area contributed by atoms with Crippen LogP contribution < -0.4 is 5.32 Å². The lowest BCUT2D eigenvalue weighted by Gasteiger charge is -2.35. The molecule has 5 nitrogen and oxygen atoms in total. The molecule has 0 heterocycles.